The SMILES string of the molecule is CC(C)=CCCN1C[C@@H]2[C@H](CNC(=O)CC3CC3)[C@H]3CC[C@]2(C1)O3. The van der Waals surface area contributed by atoms with E-state index in [-0.39, 0.29) is 11.5 Å². The molecule has 3 aliphatic heterocycles. The molecule has 2 bridgehead atoms. The van der Waals surface area contributed by atoms with Crippen molar-refractivity contribution in [3.8, 4) is 0 Å². The normalized spacial score (nSPS) is 37.5. The van der Waals surface area contributed by atoms with Crippen molar-refractivity contribution in [1.29, 1.82) is 0 Å². The predicted octanol–water partition coefficient (Wildman–Crippen LogP) is 2.74. The predicted molar refractivity (Wildman–Crippen MR) is 94.7 cm³/mol. The highest BCUT2D eigenvalue weighted by Crippen LogP contribution is 2.54. The third-order valence-corrected chi connectivity index (χ3v) is 6.56. The summed E-state index contributed by atoms with van der Waals surface area (Å²) < 4.78 is 6.47. The highest BCUT2D eigenvalue weighted by molar-refractivity contribution is 5.76. The van der Waals surface area contributed by atoms with Crippen LogP contribution in [0.1, 0.15) is 52.4 Å². The third kappa shape index (κ3) is 3.28. The number of ether oxygens (including phenoxy) is 1. The summed E-state index contributed by atoms with van der Waals surface area (Å²) in [7, 11) is 0. The Labute approximate surface area is 146 Å². The molecule has 1 saturated carbocycles. The van der Waals surface area contributed by atoms with E-state index >= 15 is 0 Å². The van der Waals surface area contributed by atoms with Crippen LogP contribution in [0.25, 0.3) is 0 Å². The highest BCUT2D eigenvalue weighted by Gasteiger charge is 2.62. The molecule has 134 valence electrons. The summed E-state index contributed by atoms with van der Waals surface area (Å²) in [5.74, 6) is 2.07. The average Bonchev–Trinajstić information content (AvgIpc) is 3.02. The number of allylic oxidation sites excluding steroid dienone is 1. The lowest BCUT2D eigenvalue weighted by molar-refractivity contribution is -0.121. The maximum Gasteiger partial charge on any atom is 0.220 e. The summed E-state index contributed by atoms with van der Waals surface area (Å²) >= 11 is 0. The van der Waals surface area contributed by atoms with E-state index in [0.717, 1.165) is 39.0 Å². The lowest BCUT2D eigenvalue weighted by Gasteiger charge is -2.29. The first kappa shape index (κ1) is 16.6. The van der Waals surface area contributed by atoms with Crippen molar-refractivity contribution in [2.24, 2.45) is 17.8 Å². The summed E-state index contributed by atoms with van der Waals surface area (Å²) in [6.45, 7) is 8.54. The fourth-order valence-corrected chi connectivity index (χ4v) is 5.15. The fraction of sp³-hybridized carbons (Fsp3) is 0.850. The Hall–Kier alpha value is -0.870. The number of likely N-dealkylation sites (tertiary alicyclic amines) is 1. The van der Waals surface area contributed by atoms with Gasteiger partial charge in [0, 0.05) is 44.4 Å². The quantitative estimate of drug-likeness (QED) is 0.729. The second kappa shape index (κ2) is 6.45. The molecule has 1 amide bonds. The van der Waals surface area contributed by atoms with Crippen molar-refractivity contribution in [2.75, 3.05) is 26.2 Å². The van der Waals surface area contributed by atoms with E-state index in [1.54, 1.807) is 0 Å². The number of hydrogen-bond donors (Lipinski definition) is 1. The number of carbonyl (C=O) groups excluding carboxylic acids is 1. The van der Waals surface area contributed by atoms with Crippen molar-refractivity contribution >= 4 is 5.91 Å². The number of carbonyl (C=O) groups is 1. The Balaban J connectivity index is 1.32. The summed E-state index contributed by atoms with van der Waals surface area (Å²) in [4.78, 5) is 14.6. The Bertz CT molecular complexity index is 524. The molecule has 0 aromatic heterocycles. The zero-order valence-corrected chi connectivity index (χ0v) is 15.2. The van der Waals surface area contributed by atoms with Gasteiger partial charge in [0.25, 0.3) is 0 Å². The molecule has 1 aliphatic carbocycles. The largest absolute Gasteiger partial charge is 0.370 e. The molecular weight excluding hydrogens is 300 g/mol. The molecule has 3 saturated heterocycles. The van der Waals surface area contributed by atoms with Crippen LogP contribution in [-0.2, 0) is 9.53 Å². The van der Waals surface area contributed by atoms with Crippen LogP contribution in [0.2, 0.25) is 0 Å². The standard InChI is InChI=1S/C20H32N2O2/c1-14(2)4-3-9-22-12-17-16(11-21-19(23)10-15-5-6-15)18-7-8-20(17,13-22)24-18/h4,15-18H,3,5-13H2,1-2H3,(H,21,23)/t16-,17+,18+,20+/m0/s1. The molecule has 3 heterocycles. The van der Waals surface area contributed by atoms with E-state index in [1.165, 1.54) is 31.3 Å². The minimum Gasteiger partial charge on any atom is -0.370 e. The number of rotatable bonds is 7. The smallest absolute Gasteiger partial charge is 0.220 e. The molecule has 1 N–H and O–H groups in total. The van der Waals surface area contributed by atoms with Gasteiger partial charge in [-0.1, -0.05) is 11.6 Å². The molecule has 1 spiro atoms. The fourth-order valence-electron chi connectivity index (χ4n) is 5.15. The van der Waals surface area contributed by atoms with E-state index in [9.17, 15) is 4.79 Å². The van der Waals surface area contributed by atoms with Gasteiger partial charge < -0.3 is 10.1 Å². The van der Waals surface area contributed by atoms with Crippen LogP contribution in [0.15, 0.2) is 11.6 Å². The molecule has 0 aromatic rings. The Morgan fingerprint density at radius 2 is 2.17 bits per heavy atom. The van der Waals surface area contributed by atoms with Gasteiger partial charge in [0.1, 0.15) is 0 Å². The summed E-state index contributed by atoms with van der Waals surface area (Å²) in [5.41, 5.74) is 1.50. The van der Waals surface area contributed by atoms with Gasteiger partial charge in [0.05, 0.1) is 11.7 Å². The highest BCUT2D eigenvalue weighted by atomic mass is 16.5. The third-order valence-electron chi connectivity index (χ3n) is 6.56. The minimum absolute atomic E-state index is 0.0987. The molecule has 0 unspecified atom stereocenters. The van der Waals surface area contributed by atoms with Crippen LogP contribution in [-0.4, -0.2) is 48.7 Å². The van der Waals surface area contributed by atoms with Crippen molar-refractivity contribution in [2.45, 2.75) is 64.1 Å². The van der Waals surface area contributed by atoms with Crippen LogP contribution >= 0.6 is 0 Å². The van der Waals surface area contributed by atoms with E-state index in [0.29, 0.717) is 23.9 Å². The van der Waals surface area contributed by atoms with Crippen LogP contribution in [0.5, 0.6) is 0 Å². The molecule has 4 rings (SSSR count). The molecule has 4 atom stereocenters. The van der Waals surface area contributed by atoms with E-state index in [1.807, 2.05) is 0 Å². The van der Waals surface area contributed by atoms with Crippen molar-refractivity contribution < 1.29 is 9.53 Å². The number of nitrogens with one attached hydrogen (secondary N) is 1. The van der Waals surface area contributed by atoms with Gasteiger partial charge in [0.15, 0.2) is 0 Å². The van der Waals surface area contributed by atoms with Crippen LogP contribution < -0.4 is 5.32 Å². The molecule has 4 nitrogen and oxygen atoms in total. The molecule has 24 heavy (non-hydrogen) atoms. The first-order chi connectivity index (χ1) is 11.6. The van der Waals surface area contributed by atoms with Crippen LogP contribution in [0, 0.1) is 17.8 Å². The number of nitrogens with zero attached hydrogens (tertiary/aromatic N) is 1. The topological polar surface area (TPSA) is 41.6 Å². The van der Waals surface area contributed by atoms with Gasteiger partial charge in [-0.05, 0) is 51.9 Å². The van der Waals surface area contributed by atoms with Gasteiger partial charge in [0.2, 0.25) is 5.91 Å². The van der Waals surface area contributed by atoms with Crippen molar-refractivity contribution in [3.63, 3.8) is 0 Å². The monoisotopic (exact) mass is 332 g/mol. The average molecular weight is 332 g/mol. The second-order valence-corrected chi connectivity index (χ2v) is 8.79. The molecule has 4 heteroatoms. The lowest BCUT2D eigenvalue weighted by atomic mass is 9.73. The summed E-state index contributed by atoms with van der Waals surface area (Å²) in [6.07, 6.45) is 9.48. The van der Waals surface area contributed by atoms with Gasteiger partial charge >= 0.3 is 0 Å². The molecular formula is C20H32N2O2. The minimum atomic E-state index is 0.0987. The molecule has 4 aliphatic rings. The van der Waals surface area contributed by atoms with Crippen LogP contribution in [0.4, 0.5) is 0 Å². The number of fused-ring (bicyclic) bond motifs is 1. The summed E-state index contributed by atoms with van der Waals surface area (Å²) in [6, 6.07) is 0. The second-order valence-electron chi connectivity index (χ2n) is 8.79. The Morgan fingerprint density at radius 3 is 2.92 bits per heavy atom. The van der Waals surface area contributed by atoms with Crippen molar-refractivity contribution in [1.82, 2.24) is 10.2 Å². The number of hydrogen-bond acceptors (Lipinski definition) is 3. The van der Waals surface area contributed by atoms with Gasteiger partial charge in [-0.3, -0.25) is 9.69 Å². The van der Waals surface area contributed by atoms with Crippen LogP contribution in [0.3, 0.4) is 0 Å². The first-order valence-electron chi connectivity index (χ1n) is 9.86. The maximum absolute atomic E-state index is 12.0. The van der Waals surface area contributed by atoms with Gasteiger partial charge in [-0.15, -0.1) is 0 Å². The molecule has 0 aromatic carbocycles. The van der Waals surface area contributed by atoms with Gasteiger partial charge in [-0.25, -0.2) is 0 Å². The van der Waals surface area contributed by atoms with E-state index in [4.69, 9.17) is 4.74 Å². The van der Waals surface area contributed by atoms with Crippen molar-refractivity contribution in [3.05, 3.63) is 11.6 Å². The van der Waals surface area contributed by atoms with Gasteiger partial charge in [-0.2, -0.15) is 0 Å². The first-order valence-corrected chi connectivity index (χ1v) is 9.86. The Kier molecular flexibility index (Phi) is 4.46. The summed E-state index contributed by atoms with van der Waals surface area (Å²) in [5, 5.41) is 3.22. The number of amides is 1. The lowest BCUT2D eigenvalue weighted by Crippen LogP contribution is -2.41. The molecule has 4 fully saturated rings. The zero-order valence-electron chi connectivity index (χ0n) is 15.2. The van der Waals surface area contributed by atoms with E-state index < -0.39 is 0 Å². The maximum atomic E-state index is 12.0. The molecule has 0 radical (unpaired) electrons. The van der Waals surface area contributed by atoms with E-state index in [2.05, 4.69) is 30.1 Å². The Morgan fingerprint density at radius 1 is 1.33 bits per heavy atom. The zero-order chi connectivity index (χ0) is 16.7.